The van der Waals surface area contributed by atoms with Gasteiger partial charge in [-0.25, -0.2) is 0 Å². The fourth-order valence-corrected chi connectivity index (χ4v) is 4.02. The van der Waals surface area contributed by atoms with Gasteiger partial charge in [0, 0.05) is 30.7 Å². The molecule has 2 amide bonds. The van der Waals surface area contributed by atoms with Crippen LogP contribution in [-0.4, -0.2) is 38.9 Å². The highest BCUT2D eigenvalue weighted by Gasteiger charge is 2.37. The van der Waals surface area contributed by atoms with Gasteiger partial charge in [0.1, 0.15) is 4.32 Å². The summed E-state index contributed by atoms with van der Waals surface area (Å²) >= 11 is 6.84. The van der Waals surface area contributed by atoms with Crippen molar-refractivity contribution in [2.75, 3.05) is 5.75 Å². The number of thioether (sulfide) groups is 1. The fraction of sp³-hybridized carbons (Fsp3) is 0.750. The lowest BCUT2D eigenvalue weighted by molar-refractivity contribution is -0.129. The number of carbonyl (C=O) groups excluding carboxylic acids is 2. The predicted octanol–water partition coefficient (Wildman–Crippen LogP) is 1.54. The summed E-state index contributed by atoms with van der Waals surface area (Å²) in [6.45, 7) is 4.22. The van der Waals surface area contributed by atoms with Crippen molar-refractivity contribution < 1.29 is 9.59 Å². The smallest absolute Gasteiger partial charge is 0.230 e. The third-order valence-electron chi connectivity index (χ3n) is 3.45. The van der Waals surface area contributed by atoms with Crippen molar-refractivity contribution in [2.24, 2.45) is 5.92 Å². The maximum absolute atomic E-state index is 12.3. The first-order valence-corrected chi connectivity index (χ1v) is 7.66. The lowest BCUT2D eigenvalue weighted by Crippen LogP contribution is -2.43. The van der Waals surface area contributed by atoms with Crippen molar-refractivity contribution in [1.29, 1.82) is 0 Å². The van der Waals surface area contributed by atoms with Gasteiger partial charge in [0.05, 0.1) is 0 Å². The average Bonchev–Trinajstić information content (AvgIpc) is 2.85. The molecule has 2 fully saturated rings. The van der Waals surface area contributed by atoms with E-state index in [9.17, 15) is 9.59 Å². The molecule has 6 heteroatoms. The summed E-state index contributed by atoms with van der Waals surface area (Å²) in [5, 5.41) is 2.83. The zero-order chi connectivity index (χ0) is 13.3. The molecule has 4 nitrogen and oxygen atoms in total. The summed E-state index contributed by atoms with van der Waals surface area (Å²) in [6, 6.07) is 0.193. The Morgan fingerprint density at radius 1 is 1.61 bits per heavy atom. The lowest BCUT2D eigenvalue weighted by atomic mass is 10.0. The van der Waals surface area contributed by atoms with Crippen LogP contribution < -0.4 is 5.32 Å². The van der Waals surface area contributed by atoms with Crippen LogP contribution >= 0.6 is 24.0 Å². The van der Waals surface area contributed by atoms with Crippen LogP contribution in [0.2, 0.25) is 0 Å². The Morgan fingerprint density at radius 2 is 2.33 bits per heavy atom. The van der Waals surface area contributed by atoms with E-state index in [1.807, 2.05) is 0 Å². The van der Waals surface area contributed by atoms with Crippen LogP contribution in [0.25, 0.3) is 0 Å². The molecule has 2 atom stereocenters. The molecule has 0 aromatic rings. The van der Waals surface area contributed by atoms with E-state index in [0.29, 0.717) is 23.1 Å². The van der Waals surface area contributed by atoms with E-state index >= 15 is 0 Å². The summed E-state index contributed by atoms with van der Waals surface area (Å²) in [6.07, 6.45) is 1.66. The first-order valence-electron chi connectivity index (χ1n) is 6.27. The molecule has 0 spiro atoms. The van der Waals surface area contributed by atoms with E-state index in [-0.39, 0.29) is 23.9 Å². The summed E-state index contributed by atoms with van der Waals surface area (Å²) < 4.78 is 0.683. The number of nitrogens with one attached hydrogen (secondary N) is 1. The molecule has 2 saturated heterocycles. The summed E-state index contributed by atoms with van der Waals surface area (Å²) in [4.78, 5) is 25.2. The van der Waals surface area contributed by atoms with Crippen molar-refractivity contribution in [3.63, 3.8) is 0 Å². The SMILES string of the molecule is CC(C)[C@H]1CSC(=S)N1C(=O)C[C@@H]1CCC(=O)N1. The maximum atomic E-state index is 12.3. The van der Waals surface area contributed by atoms with Gasteiger partial charge in [-0.2, -0.15) is 0 Å². The van der Waals surface area contributed by atoms with Gasteiger partial charge in [0.25, 0.3) is 0 Å². The number of rotatable bonds is 3. The van der Waals surface area contributed by atoms with Gasteiger partial charge in [-0.3, -0.25) is 14.5 Å². The Hall–Kier alpha value is -0.620. The zero-order valence-corrected chi connectivity index (χ0v) is 12.3. The minimum absolute atomic E-state index is 0.00814. The molecule has 0 bridgehead atoms. The van der Waals surface area contributed by atoms with Crippen molar-refractivity contribution in [1.82, 2.24) is 10.2 Å². The van der Waals surface area contributed by atoms with Gasteiger partial charge in [0.2, 0.25) is 11.8 Å². The molecule has 18 heavy (non-hydrogen) atoms. The molecular formula is C12H18N2O2S2. The van der Waals surface area contributed by atoms with Gasteiger partial charge in [-0.15, -0.1) is 0 Å². The Labute approximate surface area is 117 Å². The molecule has 2 rings (SSSR count). The molecular weight excluding hydrogens is 268 g/mol. The molecule has 2 aliphatic heterocycles. The van der Waals surface area contributed by atoms with Crippen LogP contribution in [0.5, 0.6) is 0 Å². The molecule has 0 aromatic heterocycles. The largest absolute Gasteiger partial charge is 0.353 e. The van der Waals surface area contributed by atoms with E-state index in [2.05, 4.69) is 19.2 Å². The molecule has 0 aromatic carbocycles. The lowest BCUT2D eigenvalue weighted by Gasteiger charge is -2.27. The Bertz CT molecular complexity index is 384. The molecule has 2 aliphatic rings. The van der Waals surface area contributed by atoms with Gasteiger partial charge < -0.3 is 5.32 Å². The van der Waals surface area contributed by atoms with Gasteiger partial charge in [-0.1, -0.05) is 37.8 Å². The van der Waals surface area contributed by atoms with Crippen LogP contribution in [0.4, 0.5) is 0 Å². The van der Waals surface area contributed by atoms with Crippen LogP contribution in [0.3, 0.4) is 0 Å². The topological polar surface area (TPSA) is 49.4 Å². The maximum Gasteiger partial charge on any atom is 0.230 e. The Kier molecular flexibility index (Phi) is 4.27. The average molecular weight is 286 g/mol. The summed E-state index contributed by atoms with van der Waals surface area (Å²) in [5.74, 6) is 1.39. The molecule has 0 aliphatic carbocycles. The van der Waals surface area contributed by atoms with Crippen molar-refractivity contribution >= 4 is 40.1 Å². The third kappa shape index (κ3) is 2.85. The predicted molar refractivity (Wildman–Crippen MR) is 76.3 cm³/mol. The number of hydrogen-bond donors (Lipinski definition) is 1. The Balaban J connectivity index is 1.98. The van der Waals surface area contributed by atoms with Crippen LogP contribution in [0, 0.1) is 5.92 Å². The van der Waals surface area contributed by atoms with Crippen LogP contribution in [-0.2, 0) is 9.59 Å². The first kappa shape index (κ1) is 13.8. The van der Waals surface area contributed by atoms with E-state index < -0.39 is 0 Å². The second kappa shape index (κ2) is 5.57. The number of thiocarbonyl (C=S) groups is 1. The normalized spacial score (nSPS) is 28.1. The number of carbonyl (C=O) groups is 2. The van der Waals surface area contributed by atoms with Crippen molar-refractivity contribution in [3.8, 4) is 0 Å². The number of nitrogens with zero attached hydrogens (tertiary/aromatic N) is 1. The van der Waals surface area contributed by atoms with Crippen molar-refractivity contribution in [3.05, 3.63) is 0 Å². The standard InChI is InChI=1S/C12H18N2O2S2/c1-7(2)9-6-18-12(17)14(9)11(16)5-8-3-4-10(15)13-8/h7-9H,3-6H2,1-2H3,(H,13,15)/t8-,9+/m0/s1. The van der Waals surface area contributed by atoms with Gasteiger partial charge in [-0.05, 0) is 12.3 Å². The molecule has 100 valence electrons. The van der Waals surface area contributed by atoms with Gasteiger partial charge in [0.15, 0.2) is 0 Å². The second-order valence-electron chi connectivity index (χ2n) is 5.16. The number of amides is 2. The molecule has 0 radical (unpaired) electrons. The van der Waals surface area contributed by atoms with E-state index in [1.165, 1.54) is 0 Å². The van der Waals surface area contributed by atoms with E-state index in [0.717, 1.165) is 12.2 Å². The van der Waals surface area contributed by atoms with Crippen LogP contribution in [0.15, 0.2) is 0 Å². The highest BCUT2D eigenvalue weighted by Crippen LogP contribution is 2.30. The zero-order valence-electron chi connectivity index (χ0n) is 10.6. The molecule has 0 saturated carbocycles. The minimum atomic E-state index is -0.00814. The molecule has 1 N–H and O–H groups in total. The van der Waals surface area contributed by atoms with Crippen LogP contribution in [0.1, 0.15) is 33.1 Å². The van der Waals surface area contributed by atoms with Crippen molar-refractivity contribution in [2.45, 2.75) is 45.2 Å². The second-order valence-corrected chi connectivity index (χ2v) is 6.81. The Morgan fingerprint density at radius 3 is 2.89 bits per heavy atom. The monoisotopic (exact) mass is 286 g/mol. The third-order valence-corrected chi connectivity index (χ3v) is 4.95. The fourth-order valence-electron chi connectivity index (χ4n) is 2.35. The molecule has 2 heterocycles. The van der Waals surface area contributed by atoms with Gasteiger partial charge >= 0.3 is 0 Å². The summed E-state index contributed by atoms with van der Waals surface area (Å²) in [7, 11) is 0. The highest BCUT2D eigenvalue weighted by molar-refractivity contribution is 8.23. The quantitative estimate of drug-likeness (QED) is 0.800. The highest BCUT2D eigenvalue weighted by atomic mass is 32.2. The van der Waals surface area contributed by atoms with E-state index in [1.54, 1.807) is 16.7 Å². The molecule has 0 unspecified atom stereocenters. The minimum Gasteiger partial charge on any atom is -0.353 e. The summed E-state index contributed by atoms with van der Waals surface area (Å²) in [5.41, 5.74) is 0. The first-order chi connectivity index (χ1) is 8.49. The van der Waals surface area contributed by atoms with E-state index in [4.69, 9.17) is 12.2 Å². The number of hydrogen-bond acceptors (Lipinski definition) is 4.